The zero-order chi connectivity index (χ0) is 25.2. The number of morpholine rings is 1. The molecule has 2 aromatic heterocycles. The predicted octanol–water partition coefficient (Wildman–Crippen LogP) is 4.51. The number of hydrogen-bond donors (Lipinski definition) is 2. The highest BCUT2D eigenvalue weighted by molar-refractivity contribution is 5.96. The molecule has 1 atom stereocenters. The van der Waals surface area contributed by atoms with Crippen molar-refractivity contribution in [1.29, 1.82) is 0 Å². The van der Waals surface area contributed by atoms with Crippen molar-refractivity contribution in [1.82, 2.24) is 30.1 Å². The standard InChI is InChI=1S/C28H32N8O/c1-3-6-22-17-25-19(2)29-28(35-13-15-37-16-14-35)30-27(25)36(22)18-20-9-11-21(12-10-20)23-7-4-5-8-24(23)26-31-33-34-32-26/h4-5,7-12,17,19H,3,6,13-16,18H2,1-2H3,(H,29,30)(H,31,32,33,34). The van der Waals surface area contributed by atoms with Crippen LogP contribution in [0.5, 0.6) is 0 Å². The number of aryl methyl sites for hydroxylation is 1. The molecule has 2 aromatic carbocycles. The number of aliphatic imine (C=N–C) groups is 1. The van der Waals surface area contributed by atoms with Crippen LogP contribution >= 0.6 is 0 Å². The van der Waals surface area contributed by atoms with E-state index in [0.29, 0.717) is 5.82 Å². The topological polar surface area (TPSA) is 96.2 Å². The fourth-order valence-electron chi connectivity index (χ4n) is 5.23. The van der Waals surface area contributed by atoms with Crippen LogP contribution < -0.4 is 5.32 Å². The lowest BCUT2D eigenvalue weighted by Crippen LogP contribution is -2.45. The first kappa shape index (κ1) is 23.4. The van der Waals surface area contributed by atoms with Gasteiger partial charge in [-0.05, 0) is 41.3 Å². The lowest BCUT2D eigenvalue weighted by molar-refractivity contribution is 0.0677. The number of hydrogen-bond acceptors (Lipinski definition) is 7. The van der Waals surface area contributed by atoms with Gasteiger partial charge in [0.1, 0.15) is 5.82 Å². The average molecular weight is 497 g/mol. The molecule has 1 fully saturated rings. The number of rotatable bonds is 6. The summed E-state index contributed by atoms with van der Waals surface area (Å²) in [6.45, 7) is 8.44. The van der Waals surface area contributed by atoms with Crippen molar-refractivity contribution in [2.45, 2.75) is 39.3 Å². The molecule has 0 spiro atoms. The van der Waals surface area contributed by atoms with E-state index in [-0.39, 0.29) is 6.04 Å². The third-order valence-corrected chi connectivity index (χ3v) is 7.14. The second kappa shape index (κ2) is 10.2. The largest absolute Gasteiger partial charge is 0.378 e. The maximum absolute atomic E-state index is 5.55. The minimum atomic E-state index is 0.120. The van der Waals surface area contributed by atoms with E-state index in [9.17, 15) is 0 Å². The van der Waals surface area contributed by atoms with Gasteiger partial charge in [0.25, 0.3) is 0 Å². The van der Waals surface area contributed by atoms with Gasteiger partial charge >= 0.3 is 0 Å². The summed E-state index contributed by atoms with van der Waals surface area (Å²) in [5.74, 6) is 2.72. The minimum Gasteiger partial charge on any atom is -0.378 e. The number of anilines is 1. The first-order valence-corrected chi connectivity index (χ1v) is 13.0. The Morgan fingerprint density at radius 2 is 1.81 bits per heavy atom. The second-order valence-corrected chi connectivity index (χ2v) is 9.61. The van der Waals surface area contributed by atoms with Gasteiger partial charge in [0.2, 0.25) is 5.82 Å². The molecule has 6 rings (SSSR count). The molecule has 0 radical (unpaired) electrons. The summed E-state index contributed by atoms with van der Waals surface area (Å²) in [7, 11) is 0. The van der Waals surface area contributed by atoms with Gasteiger partial charge in [-0.2, -0.15) is 5.21 Å². The van der Waals surface area contributed by atoms with E-state index in [1.165, 1.54) is 22.6 Å². The van der Waals surface area contributed by atoms with Crippen molar-refractivity contribution >= 4 is 11.8 Å². The van der Waals surface area contributed by atoms with Gasteiger partial charge < -0.3 is 19.5 Å². The van der Waals surface area contributed by atoms with Crippen molar-refractivity contribution in [3.63, 3.8) is 0 Å². The van der Waals surface area contributed by atoms with Gasteiger partial charge in [0.05, 0.1) is 19.3 Å². The Bertz CT molecular complexity index is 1380. The van der Waals surface area contributed by atoms with Gasteiger partial charge in [0, 0.05) is 36.5 Å². The molecule has 2 N–H and O–H groups in total. The van der Waals surface area contributed by atoms with Crippen LogP contribution in [0.1, 0.15) is 43.1 Å². The quantitative estimate of drug-likeness (QED) is 0.408. The molecule has 0 saturated carbocycles. The van der Waals surface area contributed by atoms with Crippen LogP contribution in [0.3, 0.4) is 0 Å². The van der Waals surface area contributed by atoms with Crippen LogP contribution in [0.25, 0.3) is 22.5 Å². The van der Waals surface area contributed by atoms with E-state index in [1.54, 1.807) is 0 Å². The first-order valence-electron chi connectivity index (χ1n) is 13.0. The lowest BCUT2D eigenvalue weighted by Gasteiger charge is -2.33. The second-order valence-electron chi connectivity index (χ2n) is 9.61. The molecular formula is C28H32N8O. The fourth-order valence-corrected chi connectivity index (χ4v) is 5.23. The molecule has 190 valence electrons. The molecule has 4 aromatic rings. The summed E-state index contributed by atoms with van der Waals surface area (Å²) in [4.78, 5) is 7.29. The van der Waals surface area contributed by atoms with Crippen molar-refractivity contribution in [2.24, 2.45) is 4.99 Å². The third-order valence-electron chi connectivity index (χ3n) is 7.14. The smallest absolute Gasteiger partial charge is 0.205 e. The zero-order valence-electron chi connectivity index (χ0n) is 21.3. The molecule has 4 heterocycles. The molecule has 2 aliphatic heterocycles. The summed E-state index contributed by atoms with van der Waals surface area (Å²) in [6.07, 6.45) is 2.13. The molecule has 9 nitrogen and oxygen atoms in total. The summed E-state index contributed by atoms with van der Waals surface area (Å²) in [5.41, 5.74) is 7.04. The van der Waals surface area contributed by atoms with Crippen LogP contribution in [-0.4, -0.2) is 62.4 Å². The minimum absolute atomic E-state index is 0.120. The van der Waals surface area contributed by atoms with Crippen molar-refractivity contribution in [2.75, 3.05) is 31.6 Å². The molecular weight excluding hydrogens is 464 g/mol. The van der Waals surface area contributed by atoms with E-state index in [2.05, 4.69) is 85.7 Å². The number of tetrazole rings is 1. The Morgan fingerprint density at radius 3 is 2.54 bits per heavy atom. The number of guanidine groups is 1. The molecule has 1 unspecified atom stereocenters. The molecule has 2 aliphatic rings. The Hall–Kier alpha value is -3.98. The molecule has 0 aliphatic carbocycles. The highest BCUT2D eigenvalue weighted by Crippen LogP contribution is 2.35. The van der Waals surface area contributed by atoms with Gasteiger partial charge in [-0.1, -0.05) is 61.9 Å². The van der Waals surface area contributed by atoms with Crippen LogP contribution in [0.15, 0.2) is 59.6 Å². The van der Waals surface area contributed by atoms with Crippen LogP contribution in [-0.2, 0) is 17.7 Å². The maximum atomic E-state index is 5.55. The van der Waals surface area contributed by atoms with E-state index in [4.69, 9.17) is 9.73 Å². The maximum Gasteiger partial charge on any atom is 0.205 e. The number of ether oxygens (including phenoxy) is 1. The average Bonchev–Trinajstić information content (AvgIpc) is 3.59. The van der Waals surface area contributed by atoms with Crippen molar-refractivity contribution in [3.05, 3.63) is 71.4 Å². The van der Waals surface area contributed by atoms with Crippen molar-refractivity contribution < 1.29 is 4.74 Å². The molecule has 9 heteroatoms. The third kappa shape index (κ3) is 4.62. The van der Waals surface area contributed by atoms with Crippen LogP contribution in [0.4, 0.5) is 5.82 Å². The summed E-state index contributed by atoms with van der Waals surface area (Å²) in [5, 5.41) is 18.3. The summed E-state index contributed by atoms with van der Waals surface area (Å²) >= 11 is 0. The van der Waals surface area contributed by atoms with E-state index in [0.717, 1.165) is 68.3 Å². The highest BCUT2D eigenvalue weighted by Gasteiger charge is 2.27. The van der Waals surface area contributed by atoms with Gasteiger partial charge in [-0.15, -0.1) is 10.2 Å². The number of aromatic nitrogens is 5. The first-order chi connectivity index (χ1) is 18.2. The molecule has 37 heavy (non-hydrogen) atoms. The number of nitrogens with zero attached hydrogens (tertiary/aromatic N) is 6. The van der Waals surface area contributed by atoms with Crippen LogP contribution in [0.2, 0.25) is 0 Å². The summed E-state index contributed by atoms with van der Waals surface area (Å²) < 4.78 is 7.99. The predicted molar refractivity (Wildman–Crippen MR) is 144 cm³/mol. The zero-order valence-corrected chi connectivity index (χ0v) is 21.3. The summed E-state index contributed by atoms with van der Waals surface area (Å²) in [6, 6.07) is 19.4. The number of benzene rings is 2. The number of H-pyrrole nitrogens is 1. The van der Waals surface area contributed by atoms with E-state index < -0.39 is 0 Å². The molecule has 1 saturated heterocycles. The van der Waals surface area contributed by atoms with Crippen LogP contribution in [0, 0.1) is 0 Å². The number of fused-ring (bicyclic) bond motifs is 1. The van der Waals surface area contributed by atoms with Crippen molar-refractivity contribution in [3.8, 4) is 22.5 Å². The highest BCUT2D eigenvalue weighted by atomic mass is 16.5. The van der Waals surface area contributed by atoms with E-state index in [1.807, 2.05) is 18.2 Å². The SMILES string of the molecule is CCCc1cc2c(n1Cc1ccc(-c3ccccc3-c3nn[nH]n3)cc1)NC(N1CCOCC1)=NC2C. The van der Waals surface area contributed by atoms with E-state index >= 15 is 0 Å². The Labute approximate surface area is 216 Å². The Kier molecular flexibility index (Phi) is 6.44. The lowest BCUT2D eigenvalue weighted by atomic mass is 9.98. The van der Waals surface area contributed by atoms with Gasteiger partial charge in [0.15, 0.2) is 5.96 Å². The Morgan fingerprint density at radius 1 is 1.03 bits per heavy atom. The van der Waals surface area contributed by atoms with Gasteiger partial charge in [-0.3, -0.25) is 0 Å². The molecule has 0 amide bonds. The number of aromatic amines is 1. The Balaban J connectivity index is 1.29. The molecule has 0 bridgehead atoms. The monoisotopic (exact) mass is 496 g/mol. The number of nitrogens with one attached hydrogen (secondary N) is 2. The normalized spacial score (nSPS) is 17.3. The fraction of sp³-hybridized carbons (Fsp3) is 0.357. The van der Waals surface area contributed by atoms with Gasteiger partial charge in [-0.25, -0.2) is 4.99 Å².